The van der Waals surface area contributed by atoms with E-state index in [4.69, 9.17) is 10.2 Å². The third-order valence-electron chi connectivity index (χ3n) is 1.74. The number of nitrogens with one attached hydrogen (secondary N) is 1. The molecule has 0 aromatic heterocycles. The molecule has 16 heavy (non-hydrogen) atoms. The molecular weight excluding hydrogens is 226 g/mol. The lowest BCUT2D eigenvalue weighted by Gasteiger charge is -2.17. The Morgan fingerprint density at radius 2 is 2.00 bits per heavy atom. The number of carboxylic acids is 1. The van der Waals surface area contributed by atoms with Crippen LogP contribution >= 0.6 is 0 Å². The zero-order chi connectivity index (χ0) is 12.7. The normalized spacial score (nSPS) is 12.3. The van der Waals surface area contributed by atoms with Crippen molar-refractivity contribution in [2.45, 2.75) is 19.0 Å². The number of urea groups is 1. The lowest BCUT2D eigenvalue weighted by molar-refractivity contribution is -0.146. The molecule has 0 radical (unpaired) electrons. The minimum Gasteiger partial charge on any atom is -0.479 e. The van der Waals surface area contributed by atoms with E-state index in [0.29, 0.717) is 0 Å². The van der Waals surface area contributed by atoms with Gasteiger partial charge in [0.05, 0.1) is 6.54 Å². The molecule has 0 spiro atoms. The molecule has 6 nitrogen and oxygen atoms in total. The Kier molecular flexibility index (Phi) is 6.31. The number of nitrogens with zero attached hydrogens (tertiary/aromatic N) is 1. The number of carbonyl (C=O) groups excluding carboxylic acids is 1. The second-order valence-corrected chi connectivity index (χ2v) is 3.15. The standard InChI is InChI=1S/C8H14F2N2O4/c1-12(4-6(9)10)8(16)11-3-2-5(13)7(14)15/h5-6,13H,2-4H2,1H3,(H,11,16)(H,14,15)/t5-/m0/s1. The van der Waals surface area contributed by atoms with Crippen LogP contribution in [0.4, 0.5) is 13.6 Å². The van der Waals surface area contributed by atoms with Crippen LogP contribution in [-0.4, -0.2) is 59.8 Å². The van der Waals surface area contributed by atoms with Crippen molar-refractivity contribution in [3.05, 3.63) is 0 Å². The van der Waals surface area contributed by atoms with E-state index in [0.717, 1.165) is 4.90 Å². The zero-order valence-electron chi connectivity index (χ0n) is 8.69. The molecule has 0 saturated carbocycles. The summed E-state index contributed by atoms with van der Waals surface area (Å²) >= 11 is 0. The quantitative estimate of drug-likeness (QED) is 0.596. The average Bonchev–Trinajstić information content (AvgIpc) is 2.15. The highest BCUT2D eigenvalue weighted by molar-refractivity contribution is 5.74. The third-order valence-corrected chi connectivity index (χ3v) is 1.74. The largest absolute Gasteiger partial charge is 0.479 e. The highest BCUT2D eigenvalue weighted by Crippen LogP contribution is 1.96. The first-order valence-electron chi connectivity index (χ1n) is 4.52. The number of aliphatic hydroxyl groups is 1. The van der Waals surface area contributed by atoms with Crippen LogP contribution in [0.1, 0.15) is 6.42 Å². The first kappa shape index (κ1) is 14.6. The van der Waals surface area contributed by atoms with E-state index >= 15 is 0 Å². The maximum absolute atomic E-state index is 11.9. The Bertz CT molecular complexity index is 250. The number of carboxylic acid groups (broad SMARTS) is 1. The molecule has 0 rings (SSSR count). The van der Waals surface area contributed by atoms with Gasteiger partial charge in [0.1, 0.15) is 0 Å². The summed E-state index contributed by atoms with van der Waals surface area (Å²) in [6.45, 7) is -0.798. The molecule has 0 aliphatic heterocycles. The molecule has 0 bridgehead atoms. The van der Waals surface area contributed by atoms with E-state index < -0.39 is 31.1 Å². The van der Waals surface area contributed by atoms with Crippen LogP contribution in [0, 0.1) is 0 Å². The monoisotopic (exact) mass is 240 g/mol. The SMILES string of the molecule is CN(CC(F)F)C(=O)NCC[C@H](O)C(=O)O. The number of aliphatic hydroxyl groups excluding tert-OH is 1. The number of aliphatic carboxylic acids is 1. The zero-order valence-corrected chi connectivity index (χ0v) is 8.69. The second-order valence-electron chi connectivity index (χ2n) is 3.15. The lowest BCUT2D eigenvalue weighted by Crippen LogP contribution is -2.41. The Morgan fingerprint density at radius 1 is 1.44 bits per heavy atom. The molecule has 0 aliphatic rings. The molecule has 8 heteroatoms. The number of halogens is 2. The maximum Gasteiger partial charge on any atom is 0.332 e. The summed E-state index contributed by atoms with van der Waals surface area (Å²) in [6, 6.07) is -0.738. The number of amides is 2. The molecule has 0 aromatic carbocycles. The third kappa shape index (κ3) is 6.12. The predicted molar refractivity (Wildman–Crippen MR) is 50.3 cm³/mol. The molecular formula is C8H14F2N2O4. The van der Waals surface area contributed by atoms with E-state index in [9.17, 15) is 18.4 Å². The second kappa shape index (κ2) is 6.94. The van der Waals surface area contributed by atoms with Gasteiger partial charge in [-0.2, -0.15) is 0 Å². The van der Waals surface area contributed by atoms with E-state index in [1.54, 1.807) is 0 Å². The Morgan fingerprint density at radius 3 is 2.44 bits per heavy atom. The van der Waals surface area contributed by atoms with Gasteiger partial charge in [-0.25, -0.2) is 18.4 Å². The molecule has 2 amide bonds. The minimum atomic E-state index is -2.62. The van der Waals surface area contributed by atoms with Crippen LogP contribution in [0.15, 0.2) is 0 Å². The van der Waals surface area contributed by atoms with E-state index in [2.05, 4.69) is 5.32 Å². The summed E-state index contributed by atoms with van der Waals surface area (Å²) in [5, 5.41) is 19.3. The molecule has 1 atom stereocenters. The predicted octanol–water partition coefficient (Wildman–Crippen LogP) is -0.272. The highest BCUT2D eigenvalue weighted by atomic mass is 19.3. The first-order valence-corrected chi connectivity index (χ1v) is 4.52. The molecule has 3 N–H and O–H groups in total. The van der Waals surface area contributed by atoms with Crippen molar-refractivity contribution in [2.75, 3.05) is 20.1 Å². The fraction of sp³-hybridized carbons (Fsp3) is 0.750. The van der Waals surface area contributed by atoms with Gasteiger partial charge < -0.3 is 20.4 Å². The molecule has 94 valence electrons. The fourth-order valence-corrected chi connectivity index (χ4v) is 0.864. The molecule has 0 saturated heterocycles. The van der Waals surface area contributed by atoms with Crippen molar-refractivity contribution in [2.24, 2.45) is 0 Å². The molecule has 0 aliphatic carbocycles. The van der Waals surface area contributed by atoms with Gasteiger partial charge in [-0.05, 0) is 0 Å². The van der Waals surface area contributed by atoms with Crippen molar-refractivity contribution >= 4 is 12.0 Å². The average molecular weight is 240 g/mol. The van der Waals surface area contributed by atoms with Crippen molar-refractivity contribution in [3.8, 4) is 0 Å². The summed E-state index contributed by atoms with van der Waals surface area (Å²) in [5.74, 6) is -1.39. The van der Waals surface area contributed by atoms with Crippen LogP contribution in [0.3, 0.4) is 0 Å². The fourth-order valence-electron chi connectivity index (χ4n) is 0.864. The Labute approximate surface area is 90.8 Å². The van der Waals surface area contributed by atoms with Gasteiger partial charge in [0.15, 0.2) is 6.10 Å². The smallest absolute Gasteiger partial charge is 0.332 e. The summed E-state index contributed by atoms with van der Waals surface area (Å²) in [5.41, 5.74) is 0. The maximum atomic E-state index is 11.9. The van der Waals surface area contributed by atoms with Crippen molar-refractivity contribution in [1.29, 1.82) is 0 Å². The molecule has 0 unspecified atom stereocenters. The number of carbonyl (C=O) groups is 2. The Hall–Kier alpha value is -1.44. The lowest BCUT2D eigenvalue weighted by atomic mass is 10.2. The van der Waals surface area contributed by atoms with Gasteiger partial charge in [0.2, 0.25) is 0 Å². The Balaban J connectivity index is 3.77. The van der Waals surface area contributed by atoms with Crippen LogP contribution in [0.25, 0.3) is 0 Å². The van der Waals surface area contributed by atoms with Crippen molar-refractivity contribution in [1.82, 2.24) is 10.2 Å². The minimum absolute atomic E-state index is 0.0973. The van der Waals surface area contributed by atoms with Crippen LogP contribution < -0.4 is 5.32 Å². The van der Waals surface area contributed by atoms with Gasteiger partial charge in [-0.15, -0.1) is 0 Å². The summed E-state index contributed by atoms with van der Waals surface area (Å²) in [7, 11) is 1.19. The van der Waals surface area contributed by atoms with Crippen LogP contribution in [0.2, 0.25) is 0 Å². The van der Waals surface area contributed by atoms with Gasteiger partial charge in [-0.3, -0.25) is 0 Å². The molecule has 0 fully saturated rings. The number of hydrogen-bond acceptors (Lipinski definition) is 3. The molecule has 0 heterocycles. The van der Waals surface area contributed by atoms with Gasteiger partial charge >= 0.3 is 12.0 Å². The van der Waals surface area contributed by atoms with Crippen LogP contribution in [-0.2, 0) is 4.79 Å². The van der Waals surface area contributed by atoms with Crippen LogP contribution in [0.5, 0.6) is 0 Å². The van der Waals surface area contributed by atoms with Gasteiger partial charge in [-0.1, -0.05) is 0 Å². The van der Waals surface area contributed by atoms with E-state index in [-0.39, 0.29) is 13.0 Å². The van der Waals surface area contributed by atoms with Gasteiger partial charge in [0.25, 0.3) is 6.43 Å². The summed E-state index contributed by atoms with van der Waals surface area (Å²) < 4.78 is 23.7. The van der Waals surface area contributed by atoms with Crippen molar-refractivity contribution < 1.29 is 28.6 Å². The number of rotatable bonds is 6. The first-order chi connectivity index (χ1) is 7.34. The van der Waals surface area contributed by atoms with Gasteiger partial charge in [0, 0.05) is 20.0 Å². The summed E-state index contributed by atoms with van der Waals surface area (Å²) in [4.78, 5) is 22.0. The topological polar surface area (TPSA) is 89.9 Å². The van der Waals surface area contributed by atoms with E-state index in [1.807, 2.05) is 0 Å². The number of hydrogen-bond donors (Lipinski definition) is 3. The van der Waals surface area contributed by atoms with E-state index in [1.165, 1.54) is 7.05 Å². The van der Waals surface area contributed by atoms with Crippen molar-refractivity contribution in [3.63, 3.8) is 0 Å². The number of alkyl halides is 2. The highest BCUT2D eigenvalue weighted by Gasteiger charge is 2.15. The molecule has 0 aromatic rings. The summed E-state index contributed by atoms with van der Waals surface area (Å²) in [6.07, 6.45) is -4.37.